The van der Waals surface area contributed by atoms with Crippen LogP contribution in [0.5, 0.6) is 0 Å². The van der Waals surface area contributed by atoms with Crippen molar-refractivity contribution >= 4 is 11.6 Å². The Kier molecular flexibility index (Phi) is 3.92. The largest absolute Gasteiger partial charge is 0.399 e. The number of nitrogens with one attached hydrogen (secondary N) is 1. The zero-order chi connectivity index (χ0) is 13.9. The molecule has 1 aliphatic carbocycles. The van der Waals surface area contributed by atoms with Crippen LogP contribution >= 0.6 is 0 Å². The minimum Gasteiger partial charge on any atom is -0.399 e. The van der Waals surface area contributed by atoms with Gasteiger partial charge in [-0.1, -0.05) is 12.1 Å². The number of hydrogen-bond acceptors (Lipinski definition) is 3. The highest BCUT2D eigenvalue weighted by atomic mass is 16.1. The maximum Gasteiger partial charge on any atom is 0.224 e. The molecule has 1 aromatic carbocycles. The minimum atomic E-state index is 0.111. The summed E-state index contributed by atoms with van der Waals surface area (Å²) in [5, 5.41) is 3.07. The van der Waals surface area contributed by atoms with Crippen LogP contribution in [-0.2, 0) is 11.2 Å². The average molecular weight is 273 g/mol. The number of benzene rings is 1. The molecule has 3 N–H and O–H groups in total. The van der Waals surface area contributed by atoms with E-state index in [-0.39, 0.29) is 5.91 Å². The maximum atomic E-state index is 11.9. The quantitative estimate of drug-likeness (QED) is 0.798. The molecule has 2 aliphatic rings. The number of hydrogen-bond donors (Lipinski definition) is 2. The Balaban J connectivity index is 1.39. The highest BCUT2D eigenvalue weighted by Crippen LogP contribution is 2.31. The van der Waals surface area contributed by atoms with Crippen molar-refractivity contribution in [2.45, 2.75) is 31.7 Å². The summed E-state index contributed by atoms with van der Waals surface area (Å²) in [4.78, 5) is 14.5. The van der Waals surface area contributed by atoms with Crippen molar-refractivity contribution in [3.63, 3.8) is 0 Å². The first kappa shape index (κ1) is 13.4. The number of nitrogens with zero attached hydrogens (tertiary/aromatic N) is 1. The second-order valence-corrected chi connectivity index (χ2v) is 6.10. The molecule has 20 heavy (non-hydrogen) atoms. The van der Waals surface area contributed by atoms with E-state index in [1.807, 2.05) is 24.3 Å². The van der Waals surface area contributed by atoms with Gasteiger partial charge < -0.3 is 16.0 Å². The van der Waals surface area contributed by atoms with Gasteiger partial charge in [-0.3, -0.25) is 4.79 Å². The fourth-order valence-electron chi connectivity index (χ4n) is 2.94. The third-order valence-corrected chi connectivity index (χ3v) is 4.31. The molecule has 1 unspecified atom stereocenters. The zero-order valence-electron chi connectivity index (χ0n) is 11.8. The Hall–Kier alpha value is -1.55. The van der Waals surface area contributed by atoms with E-state index in [0.717, 1.165) is 30.4 Å². The lowest BCUT2D eigenvalue weighted by Gasteiger charge is -2.15. The standard InChI is InChI=1S/C16H23N3O/c17-14-3-1-12(2-4-14)9-16(20)18-10-13-7-8-19(11-13)15-5-6-15/h1-4,13,15H,5-11,17H2,(H,18,20). The number of likely N-dealkylation sites (tertiary alicyclic amines) is 1. The van der Waals surface area contributed by atoms with Gasteiger partial charge in [-0.2, -0.15) is 0 Å². The molecule has 2 fully saturated rings. The smallest absolute Gasteiger partial charge is 0.224 e. The van der Waals surface area contributed by atoms with Crippen LogP contribution in [0.3, 0.4) is 0 Å². The summed E-state index contributed by atoms with van der Waals surface area (Å²) in [6.07, 6.45) is 4.41. The van der Waals surface area contributed by atoms with Gasteiger partial charge >= 0.3 is 0 Å². The van der Waals surface area contributed by atoms with Crippen molar-refractivity contribution in [2.24, 2.45) is 5.92 Å². The summed E-state index contributed by atoms with van der Waals surface area (Å²) in [6.45, 7) is 3.19. The van der Waals surface area contributed by atoms with Crippen molar-refractivity contribution in [1.82, 2.24) is 10.2 Å². The van der Waals surface area contributed by atoms with Gasteiger partial charge in [0.1, 0.15) is 0 Å². The molecular formula is C16H23N3O. The van der Waals surface area contributed by atoms with E-state index in [0.29, 0.717) is 12.3 Å². The lowest BCUT2D eigenvalue weighted by Crippen LogP contribution is -2.32. The van der Waals surface area contributed by atoms with Gasteiger partial charge in [-0.25, -0.2) is 0 Å². The highest BCUT2D eigenvalue weighted by Gasteiger charge is 2.34. The monoisotopic (exact) mass is 273 g/mol. The normalized spacial score (nSPS) is 22.9. The second-order valence-electron chi connectivity index (χ2n) is 6.10. The van der Waals surface area contributed by atoms with E-state index in [9.17, 15) is 4.79 Å². The molecule has 1 aromatic rings. The third-order valence-electron chi connectivity index (χ3n) is 4.31. The molecule has 0 aromatic heterocycles. The van der Waals surface area contributed by atoms with Gasteiger partial charge in [0, 0.05) is 24.8 Å². The summed E-state index contributed by atoms with van der Waals surface area (Å²) >= 11 is 0. The van der Waals surface area contributed by atoms with E-state index in [1.165, 1.54) is 25.8 Å². The van der Waals surface area contributed by atoms with Gasteiger partial charge in [0.2, 0.25) is 5.91 Å². The molecule has 0 bridgehead atoms. The van der Waals surface area contributed by atoms with Crippen LogP contribution in [-0.4, -0.2) is 36.5 Å². The summed E-state index contributed by atoms with van der Waals surface area (Å²) in [7, 11) is 0. The number of nitrogens with two attached hydrogens (primary N) is 1. The first-order valence-electron chi connectivity index (χ1n) is 7.56. The molecular weight excluding hydrogens is 250 g/mol. The van der Waals surface area contributed by atoms with Gasteiger partial charge in [0.05, 0.1) is 6.42 Å². The first-order valence-corrected chi connectivity index (χ1v) is 7.56. The van der Waals surface area contributed by atoms with Gasteiger partial charge in [0.25, 0.3) is 0 Å². The van der Waals surface area contributed by atoms with Gasteiger partial charge in [-0.15, -0.1) is 0 Å². The Bertz CT molecular complexity index is 467. The lowest BCUT2D eigenvalue weighted by molar-refractivity contribution is -0.120. The average Bonchev–Trinajstić information content (AvgIpc) is 3.18. The molecule has 0 radical (unpaired) electrons. The maximum absolute atomic E-state index is 11.9. The van der Waals surface area contributed by atoms with E-state index >= 15 is 0 Å². The van der Waals surface area contributed by atoms with Crippen LogP contribution in [0.4, 0.5) is 5.69 Å². The summed E-state index contributed by atoms with van der Waals surface area (Å²) in [5.74, 6) is 0.741. The first-order chi connectivity index (χ1) is 9.70. The third kappa shape index (κ3) is 3.51. The topological polar surface area (TPSA) is 58.4 Å². The van der Waals surface area contributed by atoms with Crippen molar-refractivity contribution in [1.29, 1.82) is 0 Å². The molecule has 1 saturated carbocycles. The molecule has 4 nitrogen and oxygen atoms in total. The number of carbonyl (C=O) groups excluding carboxylic acids is 1. The highest BCUT2D eigenvalue weighted by molar-refractivity contribution is 5.78. The fourth-order valence-corrected chi connectivity index (χ4v) is 2.94. The summed E-state index contributed by atoms with van der Waals surface area (Å²) in [5.41, 5.74) is 7.39. The molecule has 1 aliphatic heterocycles. The van der Waals surface area contributed by atoms with E-state index in [1.54, 1.807) is 0 Å². The van der Waals surface area contributed by atoms with Gasteiger partial charge in [0.15, 0.2) is 0 Å². The summed E-state index contributed by atoms with van der Waals surface area (Å²) in [6, 6.07) is 8.37. The Morgan fingerprint density at radius 1 is 1.25 bits per heavy atom. The lowest BCUT2D eigenvalue weighted by atomic mass is 10.1. The predicted octanol–water partition coefficient (Wildman–Crippen LogP) is 1.41. The van der Waals surface area contributed by atoms with Crippen LogP contribution in [0.2, 0.25) is 0 Å². The fraction of sp³-hybridized carbons (Fsp3) is 0.562. The molecule has 0 spiro atoms. The van der Waals surface area contributed by atoms with E-state index < -0.39 is 0 Å². The van der Waals surface area contributed by atoms with Crippen molar-refractivity contribution in [3.05, 3.63) is 29.8 Å². The molecule has 1 saturated heterocycles. The molecule has 1 heterocycles. The number of anilines is 1. The van der Waals surface area contributed by atoms with Crippen molar-refractivity contribution in [2.75, 3.05) is 25.4 Å². The van der Waals surface area contributed by atoms with Crippen LogP contribution in [0, 0.1) is 5.92 Å². The number of amides is 1. The Morgan fingerprint density at radius 3 is 2.70 bits per heavy atom. The number of nitrogen functional groups attached to an aromatic ring is 1. The minimum absolute atomic E-state index is 0.111. The number of carbonyl (C=O) groups is 1. The molecule has 1 atom stereocenters. The van der Waals surface area contributed by atoms with Gasteiger partial charge in [-0.05, 0) is 49.4 Å². The van der Waals surface area contributed by atoms with Crippen molar-refractivity contribution in [3.8, 4) is 0 Å². The van der Waals surface area contributed by atoms with Crippen LogP contribution in [0.1, 0.15) is 24.8 Å². The molecule has 3 rings (SSSR count). The van der Waals surface area contributed by atoms with Crippen LogP contribution in [0.15, 0.2) is 24.3 Å². The van der Waals surface area contributed by atoms with E-state index in [2.05, 4.69) is 10.2 Å². The van der Waals surface area contributed by atoms with E-state index in [4.69, 9.17) is 5.73 Å². The Labute approximate surface area is 120 Å². The van der Waals surface area contributed by atoms with Crippen LogP contribution in [0.25, 0.3) is 0 Å². The SMILES string of the molecule is Nc1ccc(CC(=O)NCC2CCN(C3CC3)C2)cc1. The molecule has 1 amide bonds. The van der Waals surface area contributed by atoms with Crippen LogP contribution < -0.4 is 11.1 Å². The predicted molar refractivity (Wildman–Crippen MR) is 80.3 cm³/mol. The number of rotatable bonds is 5. The van der Waals surface area contributed by atoms with Crippen molar-refractivity contribution < 1.29 is 4.79 Å². The molecule has 108 valence electrons. The second kappa shape index (κ2) is 5.83. The zero-order valence-corrected chi connectivity index (χ0v) is 11.8. The Morgan fingerprint density at radius 2 is 2.00 bits per heavy atom. The molecule has 4 heteroatoms. The summed E-state index contributed by atoms with van der Waals surface area (Å²) < 4.78 is 0.